The molecular formula is C33H24N2S. The number of aromatic nitrogens is 2. The number of benzene rings is 4. The van der Waals surface area contributed by atoms with Crippen LogP contribution in [0.25, 0.3) is 69.5 Å². The highest BCUT2D eigenvalue weighted by Gasteiger charge is 2.20. The van der Waals surface area contributed by atoms with Crippen LogP contribution in [0.15, 0.2) is 91.1 Å². The van der Waals surface area contributed by atoms with E-state index in [1.165, 1.54) is 69.4 Å². The van der Waals surface area contributed by atoms with Gasteiger partial charge in [0.15, 0.2) is 0 Å². The van der Waals surface area contributed by atoms with E-state index in [2.05, 4.69) is 110 Å². The van der Waals surface area contributed by atoms with E-state index in [4.69, 9.17) is 4.98 Å². The van der Waals surface area contributed by atoms with Gasteiger partial charge in [0, 0.05) is 53.5 Å². The van der Waals surface area contributed by atoms with Crippen LogP contribution in [0.3, 0.4) is 0 Å². The molecule has 0 aliphatic heterocycles. The first kappa shape index (κ1) is 20.3. The van der Waals surface area contributed by atoms with E-state index < -0.39 is 0 Å². The van der Waals surface area contributed by atoms with Gasteiger partial charge in [0.1, 0.15) is 0 Å². The first-order valence-corrected chi connectivity index (χ1v) is 13.3. The van der Waals surface area contributed by atoms with Crippen molar-refractivity contribution in [2.75, 3.05) is 0 Å². The molecule has 0 aliphatic rings. The Bertz CT molecular complexity index is 2140. The SMILES string of the molecule is CC(C)(C)c1ccnc(-c2ccc3c(c2)c2cccc4c5cc6c(cc5n3c24)sc2ccccc26)c1. The van der Waals surface area contributed by atoms with Crippen molar-refractivity contribution in [3.05, 3.63) is 96.7 Å². The Balaban J connectivity index is 1.45. The third-order valence-electron chi connectivity index (χ3n) is 7.74. The lowest BCUT2D eigenvalue weighted by molar-refractivity contribution is 0.589. The molecule has 172 valence electrons. The molecule has 0 unspecified atom stereocenters. The van der Waals surface area contributed by atoms with Gasteiger partial charge in [-0.05, 0) is 53.4 Å². The highest BCUT2D eigenvalue weighted by molar-refractivity contribution is 7.25. The number of thiophene rings is 1. The summed E-state index contributed by atoms with van der Waals surface area (Å²) in [6.45, 7) is 6.75. The Morgan fingerprint density at radius 3 is 2.25 bits per heavy atom. The van der Waals surface area contributed by atoms with Crippen LogP contribution in [0.2, 0.25) is 0 Å². The van der Waals surface area contributed by atoms with Crippen molar-refractivity contribution >= 4 is 69.6 Å². The summed E-state index contributed by atoms with van der Waals surface area (Å²) in [7, 11) is 0. The van der Waals surface area contributed by atoms with Crippen LogP contribution in [0, 0.1) is 0 Å². The van der Waals surface area contributed by atoms with E-state index in [0.717, 1.165) is 5.69 Å². The second kappa shape index (κ2) is 6.83. The number of para-hydroxylation sites is 1. The molecule has 0 saturated carbocycles. The minimum atomic E-state index is 0.0925. The van der Waals surface area contributed by atoms with Crippen LogP contribution in [-0.2, 0) is 5.41 Å². The fourth-order valence-electron chi connectivity index (χ4n) is 5.91. The molecule has 0 amide bonds. The third-order valence-corrected chi connectivity index (χ3v) is 8.87. The van der Waals surface area contributed by atoms with Gasteiger partial charge in [-0.15, -0.1) is 11.3 Å². The highest BCUT2D eigenvalue weighted by Crippen LogP contribution is 2.43. The lowest BCUT2D eigenvalue weighted by Crippen LogP contribution is -2.11. The predicted molar refractivity (Wildman–Crippen MR) is 156 cm³/mol. The average Bonchev–Trinajstić information content (AvgIpc) is 3.53. The minimum absolute atomic E-state index is 0.0925. The molecule has 0 N–H and O–H groups in total. The lowest BCUT2D eigenvalue weighted by Gasteiger charge is -2.19. The Kier molecular flexibility index (Phi) is 3.85. The number of rotatable bonds is 1. The molecule has 36 heavy (non-hydrogen) atoms. The van der Waals surface area contributed by atoms with E-state index in [9.17, 15) is 0 Å². The highest BCUT2D eigenvalue weighted by atomic mass is 32.1. The number of nitrogens with zero attached hydrogens (tertiary/aromatic N) is 2. The summed E-state index contributed by atoms with van der Waals surface area (Å²) in [6, 6.07) is 31.5. The molecule has 0 saturated heterocycles. The zero-order valence-electron chi connectivity index (χ0n) is 20.5. The van der Waals surface area contributed by atoms with Gasteiger partial charge in [-0.1, -0.05) is 63.2 Å². The van der Waals surface area contributed by atoms with E-state index in [0.29, 0.717) is 0 Å². The molecular weight excluding hydrogens is 456 g/mol. The molecule has 4 aromatic carbocycles. The monoisotopic (exact) mass is 480 g/mol. The summed E-state index contributed by atoms with van der Waals surface area (Å²) in [5, 5.41) is 7.95. The molecule has 0 bridgehead atoms. The van der Waals surface area contributed by atoms with Gasteiger partial charge in [-0.3, -0.25) is 4.98 Å². The molecule has 0 fully saturated rings. The van der Waals surface area contributed by atoms with Crippen molar-refractivity contribution in [2.45, 2.75) is 26.2 Å². The topological polar surface area (TPSA) is 17.3 Å². The maximum absolute atomic E-state index is 4.73. The number of pyridine rings is 1. The molecule has 0 spiro atoms. The van der Waals surface area contributed by atoms with Gasteiger partial charge in [-0.2, -0.15) is 0 Å². The first-order chi connectivity index (χ1) is 17.5. The van der Waals surface area contributed by atoms with E-state index in [1.54, 1.807) is 0 Å². The zero-order valence-corrected chi connectivity index (χ0v) is 21.3. The largest absolute Gasteiger partial charge is 0.308 e. The number of hydrogen-bond donors (Lipinski definition) is 0. The summed E-state index contributed by atoms with van der Waals surface area (Å²) in [5.41, 5.74) is 7.46. The lowest BCUT2D eigenvalue weighted by atomic mass is 9.87. The standard InChI is InChI=1S/C33H24N2S/c1-33(2,3)20-13-14-34-27(16-20)19-11-12-28-24(15-19)22-8-6-9-23-25-17-26-21-7-4-5-10-30(21)36-31(26)18-29(25)35(28)32(22)23/h4-18H,1-3H3. The van der Waals surface area contributed by atoms with Crippen LogP contribution < -0.4 is 0 Å². The summed E-state index contributed by atoms with van der Waals surface area (Å²) in [6.07, 6.45) is 1.94. The maximum atomic E-state index is 4.73. The molecule has 8 aromatic rings. The summed E-state index contributed by atoms with van der Waals surface area (Å²) in [5.74, 6) is 0. The molecule has 0 radical (unpaired) electrons. The predicted octanol–water partition coefficient (Wildman–Crippen LogP) is 9.56. The minimum Gasteiger partial charge on any atom is -0.308 e. The molecule has 8 rings (SSSR count). The summed E-state index contributed by atoms with van der Waals surface area (Å²) >= 11 is 1.89. The molecule has 4 heterocycles. The number of fused-ring (bicyclic) bond motifs is 9. The first-order valence-electron chi connectivity index (χ1n) is 12.5. The second-order valence-electron chi connectivity index (χ2n) is 10.9. The van der Waals surface area contributed by atoms with Gasteiger partial charge in [0.25, 0.3) is 0 Å². The Labute approximate surface area is 212 Å². The van der Waals surface area contributed by atoms with Crippen molar-refractivity contribution in [3.8, 4) is 11.3 Å². The summed E-state index contributed by atoms with van der Waals surface area (Å²) < 4.78 is 5.17. The van der Waals surface area contributed by atoms with Crippen molar-refractivity contribution in [1.29, 1.82) is 0 Å². The molecule has 2 nitrogen and oxygen atoms in total. The van der Waals surface area contributed by atoms with E-state index in [1.807, 2.05) is 17.5 Å². The quantitative estimate of drug-likeness (QED) is 0.229. The van der Waals surface area contributed by atoms with Crippen molar-refractivity contribution in [2.24, 2.45) is 0 Å². The Morgan fingerprint density at radius 2 is 1.42 bits per heavy atom. The van der Waals surface area contributed by atoms with Crippen molar-refractivity contribution < 1.29 is 0 Å². The van der Waals surface area contributed by atoms with E-state index >= 15 is 0 Å². The Hall–Kier alpha value is -3.95. The van der Waals surface area contributed by atoms with Gasteiger partial charge < -0.3 is 4.40 Å². The molecule has 0 aliphatic carbocycles. The Morgan fingerprint density at radius 1 is 0.639 bits per heavy atom. The fraction of sp³-hybridized carbons (Fsp3) is 0.121. The van der Waals surface area contributed by atoms with Crippen LogP contribution in [-0.4, -0.2) is 9.38 Å². The molecule has 0 atom stereocenters. The van der Waals surface area contributed by atoms with Crippen LogP contribution in [0.4, 0.5) is 0 Å². The van der Waals surface area contributed by atoms with Crippen LogP contribution in [0.1, 0.15) is 26.3 Å². The molecule has 3 heteroatoms. The van der Waals surface area contributed by atoms with Gasteiger partial charge in [0.2, 0.25) is 0 Å². The van der Waals surface area contributed by atoms with Crippen molar-refractivity contribution in [1.82, 2.24) is 9.38 Å². The second-order valence-corrected chi connectivity index (χ2v) is 12.0. The van der Waals surface area contributed by atoms with E-state index in [-0.39, 0.29) is 5.41 Å². The summed E-state index contributed by atoms with van der Waals surface area (Å²) in [4.78, 5) is 4.73. The van der Waals surface area contributed by atoms with Gasteiger partial charge in [-0.25, -0.2) is 0 Å². The zero-order chi connectivity index (χ0) is 24.2. The van der Waals surface area contributed by atoms with Crippen LogP contribution in [0.5, 0.6) is 0 Å². The smallest absolute Gasteiger partial charge is 0.0705 e. The van der Waals surface area contributed by atoms with Crippen molar-refractivity contribution in [3.63, 3.8) is 0 Å². The third kappa shape index (κ3) is 2.64. The number of hydrogen-bond acceptors (Lipinski definition) is 2. The maximum Gasteiger partial charge on any atom is 0.0705 e. The normalized spacial score (nSPS) is 12.9. The van der Waals surface area contributed by atoms with Crippen LogP contribution >= 0.6 is 11.3 Å². The average molecular weight is 481 g/mol. The fourth-order valence-corrected chi connectivity index (χ4v) is 7.03. The van der Waals surface area contributed by atoms with Gasteiger partial charge >= 0.3 is 0 Å². The van der Waals surface area contributed by atoms with Gasteiger partial charge in [0.05, 0.1) is 22.2 Å². The molecule has 4 aromatic heterocycles.